The summed E-state index contributed by atoms with van der Waals surface area (Å²) >= 11 is 0. The fourth-order valence-electron chi connectivity index (χ4n) is 1.84. The van der Waals surface area contributed by atoms with Gasteiger partial charge in [-0.05, 0) is 37.6 Å². The van der Waals surface area contributed by atoms with Gasteiger partial charge in [0.05, 0.1) is 0 Å². The van der Waals surface area contributed by atoms with Gasteiger partial charge in [0.2, 0.25) is 0 Å². The summed E-state index contributed by atoms with van der Waals surface area (Å²) in [6.45, 7) is 4.29. The van der Waals surface area contributed by atoms with Crippen molar-refractivity contribution in [2.45, 2.75) is 13.3 Å². The largest absolute Gasteiger partial charge is 0.302 e. The Morgan fingerprint density at radius 1 is 1.43 bits per heavy atom. The van der Waals surface area contributed by atoms with Gasteiger partial charge >= 0.3 is 0 Å². The van der Waals surface area contributed by atoms with Crippen molar-refractivity contribution in [3.05, 3.63) is 35.7 Å². The molecular formula is C12H16N2. The lowest BCUT2D eigenvalue weighted by Gasteiger charge is -2.22. The van der Waals surface area contributed by atoms with E-state index in [9.17, 15) is 0 Å². The van der Waals surface area contributed by atoms with Crippen LogP contribution in [0.15, 0.2) is 24.4 Å². The first kappa shape index (κ1) is 9.41. The van der Waals surface area contributed by atoms with Crippen LogP contribution in [-0.2, 0) is 0 Å². The van der Waals surface area contributed by atoms with Crippen LogP contribution in [0, 0.1) is 6.92 Å². The monoisotopic (exact) mass is 188 g/mol. The van der Waals surface area contributed by atoms with Crippen LogP contribution < -0.4 is 0 Å². The quantitative estimate of drug-likeness (QED) is 0.671. The molecule has 1 aromatic heterocycles. The summed E-state index contributed by atoms with van der Waals surface area (Å²) < 4.78 is 0. The highest BCUT2D eigenvalue weighted by Crippen LogP contribution is 2.23. The van der Waals surface area contributed by atoms with Crippen molar-refractivity contribution in [1.82, 2.24) is 9.88 Å². The molecule has 0 radical (unpaired) electrons. The number of rotatable bonds is 1. The Labute approximate surface area is 85.3 Å². The summed E-state index contributed by atoms with van der Waals surface area (Å²) in [6.07, 6.45) is 5.31. The summed E-state index contributed by atoms with van der Waals surface area (Å²) in [5, 5.41) is 0. The molecule has 0 atom stereocenters. The number of likely N-dealkylation sites (N-methyl/N-ethyl adjacent to an activating group) is 1. The molecule has 1 aliphatic heterocycles. The van der Waals surface area contributed by atoms with Crippen LogP contribution in [0.25, 0.3) is 5.57 Å². The molecule has 1 aliphatic rings. The first-order valence-corrected chi connectivity index (χ1v) is 5.07. The number of pyridine rings is 1. The average molecular weight is 188 g/mol. The zero-order valence-corrected chi connectivity index (χ0v) is 8.83. The molecule has 0 saturated heterocycles. The second kappa shape index (κ2) is 3.93. The maximum Gasteiger partial charge on any atom is 0.0447 e. The smallest absolute Gasteiger partial charge is 0.0447 e. The van der Waals surface area contributed by atoms with E-state index in [1.54, 1.807) is 0 Å². The summed E-state index contributed by atoms with van der Waals surface area (Å²) in [5.41, 5.74) is 3.91. The van der Waals surface area contributed by atoms with E-state index in [0.29, 0.717) is 0 Å². The molecule has 14 heavy (non-hydrogen) atoms. The van der Waals surface area contributed by atoms with Crippen LogP contribution in [0.2, 0.25) is 0 Å². The first-order chi connectivity index (χ1) is 6.77. The zero-order chi connectivity index (χ0) is 9.97. The van der Waals surface area contributed by atoms with Gasteiger partial charge in [-0.2, -0.15) is 0 Å². The summed E-state index contributed by atoms with van der Waals surface area (Å²) in [5.74, 6) is 0. The van der Waals surface area contributed by atoms with E-state index in [2.05, 4.69) is 36.0 Å². The molecule has 2 nitrogen and oxygen atoms in total. The van der Waals surface area contributed by atoms with Crippen LogP contribution in [0.1, 0.15) is 17.7 Å². The third kappa shape index (κ3) is 1.85. The molecule has 0 bridgehead atoms. The predicted molar refractivity (Wildman–Crippen MR) is 59.1 cm³/mol. The van der Waals surface area contributed by atoms with Gasteiger partial charge in [0.25, 0.3) is 0 Å². The number of nitrogens with zero attached hydrogens (tertiary/aromatic N) is 2. The second-order valence-electron chi connectivity index (χ2n) is 3.88. The molecule has 2 rings (SSSR count). The maximum atomic E-state index is 4.32. The van der Waals surface area contributed by atoms with E-state index in [1.165, 1.54) is 11.1 Å². The van der Waals surface area contributed by atoms with Gasteiger partial charge in [-0.15, -0.1) is 0 Å². The minimum absolute atomic E-state index is 1.06. The van der Waals surface area contributed by atoms with Gasteiger partial charge in [-0.1, -0.05) is 12.1 Å². The summed E-state index contributed by atoms with van der Waals surface area (Å²) in [6, 6.07) is 4.18. The lowest BCUT2D eigenvalue weighted by atomic mass is 9.99. The van der Waals surface area contributed by atoms with E-state index >= 15 is 0 Å². The van der Waals surface area contributed by atoms with E-state index < -0.39 is 0 Å². The molecule has 0 N–H and O–H groups in total. The summed E-state index contributed by atoms with van der Waals surface area (Å²) in [7, 11) is 2.16. The van der Waals surface area contributed by atoms with Crippen molar-refractivity contribution in [3.63, 3.8) is 0 Å². The Bertz CT molecular complexity index is 355. The molecule has 0 saturated carbocycles. The molecule has 2 heteroatoms. The van der Waals surface area contributed by atoms with Crippen LogP contribution in [0.4, 0.5) is 0 Å². The van der Waals surface area contributed by atoms with Gasteiger partial charge in [0, 0.05) is 25.0 Å². The molecule has 0 fully saturated rings. The lowest BCUT2D eigenvalue weighted by Crippen LogP contribution is -2.23. The zero-order valence-electron chi connectivity index (χ0n) is 8.83. The minimum atomic E-state index is 1.06. The minimum Gasteiger partial charge on any atom is -0.302 e. The topological polar surface area (TPSA) is 16.1 Å². The highest BCUT2D eigenvalue weighted by atomic mass is 15.1. The molecular weight excluding hydrogens is 172 g/mol. The Morgan fingerprint density at radius 2 is 2.29 bits per heavy atom. The molecule has 0 amide bonds. The number of hydrogen-bond donors (Lipinski definition) is 0. The van der Waals surface area contributed by atoms with Crippen molar-refractivity contribution < 1.29 is 0 Å². The highest BCUT2D eigenvalue weighted by molar-refractivity contribution is 5.67. The highest BCUT2D eigenvalue weighted by Gasteiger charge is 2.10. The Balaban J connectivity index is 2.28. The number of aryl methyl sites for hydroxylation is 1. The van der Waals surface area contributed by atoms with Gasteiger partial charge in [-0.25, -0.2) is 0 Å². The Morgan fingerprint density at radius 3 is 2.93 bits per heavy atom. The van der Waals surface area contributed by atoms with Crippen LogP contribution >= 0.6 is 0 Å². The van der Waals surface area contributed by atoms with E-state index in [4.69, 9.17) is 0 Å². The first-order valence-electron chi connectivity index (χ1n) is 5.07. The van der Waals surface area contributed by atoms with Gasteiger partial charge in [0.15, 0.2) is 0 Å². The van der Waals surface area contributed by atoms with Crippen molar-refractivity contribution in [3.8, 4) is 0 Å². The maximum absolute atomic E-state index is 4.32. The fourth-order valence-corrected chi connectivity index (χ4v) is 1.84. The Hall–Kier alpha value is -1.15. The van der Waals surface area contributed by atoms with Crippen LogP contribution in [-0.4, -0.2) is 30.0 Å². The van der Waals surface area contributed by atoms with E-state index in [-0.39, 0.29) is 0 Å². The summed E-state index contributed by atoms with van der Waals surface area (Å²) in [4.78, 5) is 6.65. The molecule has 74 valence electrons. The van der Waals surface area contributed by atoms with Gasteiger partial charge in [-0.3, -0.25) is 4.98 Å². The molecule has 0 aliphatic carbocycles. The van der Waals surface area contributed by atoms with Gasteiger partial charge in [0.1, 0.15) is 0 Å². The predicted octanol–water partition coefficient (Wildman–Crippen LogP) is 2.11. The van der Waals surface area contributed by atoms with Crippen LogP contribution in [0.5, 0.6) is 0 Å². The fraction of sp³-hybridized carbons (Fsp3) is 0.417. The molecule has 0 aromatic carbocycles. The number of hydrogen-bond acceptors (Lipinski definition) is 2. The number of aromatic nitrogens is 1. The molecule has 1 aromatic rings. The van der Waals surface area contributed by atoms with Crippen molar-refractivity contribution >= 4 is 5.57 Å². The third-order valence-corrected chi connectivity index (χ3v) is 2.77. The van der Waals surface area contributed by atoms with Crippen molar-refractivity contribution in [2.75, 3.05) is 20.1 Å². The SMILES string of the molecule is Cc1ncccc1C1=CCN(C)CC1. The molecule has 2 heterocycles. The third-order valence-electron chi connectivity index (χ3n) is 2.77. The standard InChI is InChI=1S/C12H16N2/c1-10-12(4-3-7-13-10)11-5-8-14(2)9-6-11/h3-5,7H,6,8-9H2,1-2H3. The lowest BCUT2D eigenvalue weighted by molar-refractivity contribution is 0.370. The normalized spacial score (nSPS) is 18.0. The molecule has 0 spiro atoms. The second-order valence-corrected chi connectivity index (χ2v) is 3.88. The van der Waals surface area contributed by atoms with Gasteiger partial charge < -0.3 is 4.90 Å². The van der Waals surface area contributed by atoms with Crippen molar-refractivity contribution in [1.29, 1.82) is 0 Å². The van der Waals surface area contributed by atoms with E-state index in [1.807, 2.05) is 12.3 Å². The van der Waals surface area contributed by atoms with E-state index in [0.717, 1.165) is 25.2 Å². The van der Waals surface area contributed by atoms with Crippen LogP contribution in [0.3, 0.4) is 0 Å². The average Bonchev–Trinajstić information content (AvgIpc) is 2.20. The molecule has 0 unspecified atom stereocenters. The van der Waals surface area contributed by atoms with Crippen molar-refractivity contribution in [2.24, 2.45) is 0 Å². The Kier molecular flexibility index (Phi) is 2.64.